The number of para-hydroxylation sites is 1. The Kier molecular flexibility index (Phi) is 8.16. The van der Waals surface area contributed by atoms with Gasteiger partial charge in [-0.3, -0.25) is 9.36 Å². The Morgan fingerprint density at radius 3 is 2.55 bits per heavy atom. The van der Waals surface area contributed by atoms with Gasteiger partial charge in [0.05, 0.1) is 42.7 Å². The van der Waals surface area contributed by atoms with Crippen LogP contribution in [0.25, 0.3) is 17.0 Å². The average molecular weight is 628 g/mol. The van der Waals surface area contributed by atoms with Crippen molar-refractivity contribution in [2.24, 2.45) is 4.99 Å². The van der Waals surface area contributed by atoms with Crippen molar-refractivity contribution in [3.05, 3.63) is 126 Å². The Hall–Kier alpha value is -4.60. The molecule has 1 aliphatic heterocycles. The minimum atomic E-state index is -0.770. The van der Waals surface area contributed by atoms with Crippen molar-refractivity contribution in [1.82, 2.24) is 9.13 Å². The molecule has 2 aromatic heterocycles. The Morgan fingerprint density at radius 1 is 1.05 bits per heavy atom. The first-order valence-corrected chi connectivity index (χ1v) is 15.3. The summed E-state index contributed by atoms with van der Waals surface area (Å²) in [5.74, 6) is 0.497. The highest BCUT2D eigenvalue weighted by atomic mass is 35.5. The molecule has 44 heavy (non-hydrogen) atoms. The second-order valence-corrected chi connectivity index (χ2v) is 11.7. The van der Waals surface area contributed by atoms with Crippen molar-refractivity contribution in [2.75, 3.05) is 20.8 Å². The molecule has 0 fully saturated rings. The summed E-state index contributed by atoms with van der Waals surface area (Å²) < 4.78 is 20.6. The van der Waals surface area contributed by atoms with Crippen LogP contribution in [0.2, 0.25) is 5.02 Å². The first-order chi connectivity index (χ1) is 21.3. The number of thiazole rings is 1. The van der Waals surface area contributed by atoms with Gasteiger partial charge >= 0.3 is 5.97 Å². The Balaban J connectivity index is 1.53. The molecular weight excluding hydrogens is 598 g/mol. The number of methoxy groups -OCH3 is 2. The normalized spacial score (nSPS) is 14.8. The number of hydrogen-bond donors (Lipinski definition) is 0. The molecule has 0 unspecified atom stereocenters. The van der Waals surface area contributed by atoms with Crippen LogP contribution in [0.5, 0.6) is 11.5 Å². The minimum absolute atomic E-state index is 0.191. The summed E-state index contributed by atoms with van der Waals surface area (Å²) in [6.07, 6.45) is 3.93. The third kappa shape index (κ3) is 5.22. The number of esters is 1. The summed E-state index contributed by atoms with van der Waals surface area (Å²) in [5.41, 5.74) is 4.12. The van der Waals surface area contributed by atoms with Gasteiger partial charge < -0.3 is 18.8 Å². The number of carbonyl (C=O) groups is 1. The standard InChI is InChI=1S/C34H30ClN3O5S/c1-5-43-33(40)30-20(2)36-34-38(31(30)21-14-15-27(41-3)28(16-21)42-4)32(39)29(44-34)17-23-19-37(26-13-9-7-11-24(23)26)18-22-10-6-8-12-25(22)35/h6-17,19,31H,5,18H2,1-4H3/t31-/m1/s1. The van der Waals surface area contributed by atoms with E-state index in [1.807, 2.05) is 60.8 Å². The number of carbonyl (C=O) groups excluding carboxylic acids is 1. The molecule has 224 valence electrons. The predicted octanol–water partition coefficient (Wildman–Crippen LogP) is 5.47. The fourth-order valence-corrected chi connectivity index (χ4v) is 6.84. The Bertz CT molecular complexity index is 2120. The first kappa shape index (κ1) is 29.5. The third-order valence-corrected chi connectivity index (χ3v) is 9.00. The SMILES string of the molecule is CCOC(=O)C1=C(C)N=c2sc(=Cc3cn(Cc4ccccc4Cl)c4ccccc34)c(=O)n2[C@@H]1c1ccc(OC)c(OC)c1. The van der Waals surface area contributed by atoms with E-state index < -0.39 is 12.0 Å². The van der Waals surface area contributed by atoms with Gasteiger partial charge in [-0.2, -0.15) is 0 Å². The molecule has 10 heteroatoms. The number of hydrogen-bond acceptors (Lipinski definition) is 7. The molecule has 3 heterocycles. The molecule has 0 saturated heterocycles. The number of benzene rings is 3. The number of ether oxygens (including phenoxy) is 3. The molecule has 6 rings (SSSR count). The van der Waals surface area contributed by atoms with Crippen LogP contribution < -0.4 is 24.4 Å². The van der Waals surface area contributed by atoms with Crippen LogP contribution in [-0.2, 0) is 16.1 Å². The highest BCUT2D eigenvalue weighted by Crippen LogP contribution is 2.36. The molecule has 0 N–H and O–H groups in total. The molecule has 1 atom stereocenters. The summed E-state index contributed by atoms with van der Waals surface area (Å²) in [5, 5.41) is 1.70. The molecule has 8 nitrogen and oxygen atoms in total. The van der Waals surface area contributed by atoms with Gasteiger partial charge in [-0.15, -0.1) is 0 Å². The van der Waals surface area contributed by atoms with E-state index in [0.29, 0.717) is 49.2 Å². The van der Waals surface area contributed by atoms with Crippen LogP contribution in [0.4, 0.5) is 0 Å². The van der Waals surface area contributed by atoms with Crippen molar-refractivity contribution in [2.45, 2.75) is 26.4 Å². The summed E-state index contributed by atoms with van der Waals surface area (Å²) in [4.78, 5) is 32.7. The minimum Gasteiger partial charge on any atom is -0.493 e. The summed E-state index contributed by atoms with van der Waals surface area (Å²) in [7, 11) is 3.10. The zero-order valence-electron chi connectivity index (χ0n) is 24.7. The Labute approximate surface area is 262 Å². The highest BCUT2D eigenvalue weighted by Gasteiger charge is 2.34. The molecule has 0 saturated carbocycles. The molecule has 5 aromatic rings. The van der Waals surface area contributed by atoms with Crippen LogP contribution in [0.1, 0.15) is 36.6 Å². The van der Waals surface area contributed by atoms with Crippen LogP contribution in [0.15, 0.2) is 94.0 Å². The molecule has 0 aliphatic carbocycles. The van der Waals surface area contributed by atoms with Gasteiger partial charge in [-0.05, 0) is 55.3 Å². The van der Waals surface area contributed by atoms with Crippen LogP contribution in [-0.4, -0.2) is 35.9 Å². The monoisotopic (exact) mass is 627 g/mol. The van der Waals surface area contributed by atoms with Crippen molar-refractivity contribution in [1.29, 1.82) is 0 Å². The van der Waals surface area contributed by atoms with Gasteiger partial charge in [0.25, 0.3) is 5.56 Å². The zero-order chi connectivity index (χ0) is 31.0. The maximum atomic E-state index is 14.2. The van der Waals surface area contributed by atoms with Crippen molar-refractivity contribution >= 4 is 45.9 Å². The van der Waals surface area contributed by atoms with Crippen LogP contribution in [0.3, 0.4) is 0 Å². The smallest absolute Gasteiger partial charge is 0.338 e. The highest BCUT2D eigenvalue weighted by molar-refractivity contribution is 7.07. The molecular formula is C34H30ClN3O5S. The van der Waals surface area contributed by atoms with Gasteiger partial charge in [0.1, 0.15) is 0 Å². The number of halogens is 1. The number of nitrogens with zero attached hydrogens (tertiary/aromatic N) is 3. The van der Waals surface area contributed by atoms with Crippen molar-refractivity contribution < 1.29 is 19.0 Å². The molecule has 1 aliphatic rings. The lowest BCUT2D eigenvalue weighted by Crippen LogP contribution is -2.39. The maximum Gasteiger partial charge on any atom is 0.338 e. The van der Waals surface area contributed by atoms with Crippen molar-refractivity contribution in [3.63, 3.8) is 0 Å². The maximum absolute atomic E-state index is 14.2. The Morgan fingerprint density at radius 2 is 1.80 bits per heavy atom. The third-order valence-electron chi connectivity index (χ3n) is 7.64. The number of rotatable bonds is 8. The van der Waals surface area contributed by atoms with Gasteiger partial charge in [0, 0.05) is 34.2 Å². The topological polar surface area (TPSA) is 84.1 Å². The summed E-state index contributed by atoms with van der Waals surface area (Å²) in [6.45, 7) is 4.28. The largest absolute Gasteiger partial charge is 0.493 e. The van der Waals surface area contributed by atoms with Gasteiger partial charge in [0.15, 0.2) is 16.3 Å². The van der Waals surface area contributed by atoms with Gasteiger partial charge in [-0.25, -0.2) is 9.79 Å². The van der Waals surface area contributed by atoms with E-state index in [-0.39, 0.29) is 12.2 Å². The second-order valence-electron chi connectivity index (χ2n) is 10.2. The van der Waals surface area contributed by atoms with Gasteiger partial charge in [0.2, 0.25) is 0 Å². The number of aromatic nitrogens is 2. The van der Waals surface area contributed by atoms with Gasteiger partial charge in [-0.1, -0.05) is 65.4 Å². The second kappa shape index (κ2) is 12.2. The molecule has 0 bridgehead atoms. The first-order valence-electron chi connectivity index (χ1n) is 14.1. The lowest BCUT2D eigenvalue weighted by molar-refractivity contribution is -0.139. The average Bonchev–Trinajstić information content (AvgIpc) is 3.53. The van der Waals surface area contributed by atoms with E-state index in [0.717, 1.165) is 22.0 Å². The lowest BCUT2D eigenvalue weighted by Gasteiger charge is -2.25. The predicted molar refractivity (Wildman–Crippen MR) is 172 cm³/mol. The van der Waals surface area contributed by atoms with Crippen LogP contribution >= 0.6 is 22.9 Å². The number of allylic oxidation sites excluding steroid dienone is 1. The van der Waals surface area contributed by atoms with E-state index in [4.69, 9.17) is 30.8 Å². The van der Waals surface area contributed by atoms with E-state index in [1.165, 1.54) is 11.3 Å². The molecule has 3 aromatic carbocycles. The fourth-order valence-electron chi connectivity index (χ4n) is 5.60. The molecule has 0 radical (unpaired) electrons. The number of fused-ring (bicyclic) bond motifs is 2. The van der Waals surface area contributed by atoms with E-state index in [2.05, 4.69) is 10.6 Å². The van der Waals surface area contributed by atoms with E-state index >= 15 is 0 Å². The lowest BCUT2D eigenvalue weighted by atomic mass is 9.95. The quantitative estimate of drug-likeness (QED) is 0.213. The van der Waals surface area contributed by atoms with E-state index in [9.17, 15) is 9.59 Å². The summed E-state index contributed by atoms with van der Waals surface area (Å²) >= 11 is 7.76. The van der Waals surface area contributed by atoms with Crippen LogP contribution in [0, 0.1) is 0 Å². The molecule has 0 spiro atoms. The van der Waals surface area contributed by atoms with E-state index in [1.54, 1.807) is 44.8 Å². The fraction of sp³-hybridized carbons (Fsp3) is 0.206. The summed E-state index contributed by atoms with van der Waals surface area (Å²) in [6, 6.07) is 20.4. The zero-order valence-corrected chi connectivity index (χ0v) is 26.2. The van der Waals surface area contributed by atoms with Crippen molar-refractivity contribution in [3.8, 4) is 11.5 Å². The molecule has 0 amide bonds.